The fourth-order valence-electron chi connectivity index (χ4n) is 3.78. The predicted octanol–water partition coefficient (Wildman–Crippen LogP) is 0.913. The van der Waals surface area contributed by atoms with Gasteiger partial charge in [-0.1, -0.05) is 30.3 Å². The lowest BCUT2D eigenvalue weighted by atomic mass is 9.79. The van der Waals surface area contributed by atoms with Crippen LogP contribution in [0.15, 0.2) is 59.7 Å². The van der Waals surface area contributed by atoms with Gasteiger partial charge in [-0.15, -0.1) is 0 Å². The molecule has 0 bridgehead atoms. The summed E-state index contributed by atoms with van der Waals surface area (Å²) < 4.78 is 1.40. The van der Waals surface area contributed by atoms with E-state index in [9.17, 15) is 14.7 Å². The first-order chi connectivity index (χ1) is 13.5. The number of hydrogen-bond acceptors (Lipinski definition) is 5. The standard InChI is InChI=1S/C21H22N4O3/c1-25-13-23-17-11-14(7-8-16(17)20(25)28)19(27)24-21(9-10-22-12-18(21)26)15-5-3-2-4-6-15/h2-8,11,13,18,22,26H,9-10,12H2,1H3,(H,24,27)/t18-,21+/m1/s1. The van der Waals surface area contributed by atoms with Crippen molar-refractivity contribution in [2.24, 2.45) is 7.05 Å². The molecule has 0 radical (unpaired) electrons. The minimum atomic E-state index is -0.876. The van der Waals surface area contributed by atoms with Gasteiger partial charge in [0.25, 0.3) is 11.5 Å². The summed E-state index contributed by atoms with van der Waals surface area (Å²) in [6.45, 7) is 1.08. The van der Waals surface area contributed by atoms with E-state index in [1.165, 1.54) is 10.9 Å². The van der Waals surface area contributed by atoms with Gasteiger partial charge < -0.3 is 20.3 Å². The van der Waals surface area contributed by atoms with E-state index in [1.807, 2.05) is 30.3 Å². The van der Waals surface area contributed by atoms with Gasteiger partial charge in [-0.2, -0.15) is 0 Å². The number of rotatable bonds is 3. The highest BCUT2D eigenvalue weighted by Crippen LogP contribution is 2.31. The Hall–Kier alpha value is -3.03. The number of aliphatic hydroxyl groups excluding tert-OH is 1. The van der Waals surface area contributed by atoms with Crippen LogP contribution in [0.5, 0.6) is 0 Å². The molecular weight excluding hydrogens is 356 g/mol. The molecular formula is C21H22N4O3. The Morgan fingerprint density at radius 2 is 2.07 bits per heavy atom. The minimum Gasteiger partial charge on any atom is -0.389 e. The molecule has 1 aliphatic rings. The van der Waals surface area contributed by atoms with Gasteiger partial charge in [-0.05, 0) is 36.7 Å². The van der Waals surface area contributed by atoms with Crippen LogP contribution in [0.3, 0.4) is 0 Å². The molecule has 1 aliphatic heterocycles. The summed E-state index contributed by atoms with van der Waals surface area (Å²) in [4.78, 5) is 29.5. The molecule has 1 amide bonds. The van der Waals surface area contributed by atoms with Gasteiger partial charge in [0.2, 0.25) is 0 Å². The van der Waals surface area contributed by atoms with Gasteiger partial charge >= 0.3 is 0 Å². The van der Waals surface area contributed by atoms with Crippen LogP contribution in [-0.2, 0) is 12.6 Å². The molecule has 3 aromatic rings. The van der Waals surface area contributed by atoms with Crippen LogP contribution in [0, 0.1) is 0 Å². The van der Waals surface area contributed by atoms with Crippen molar-refractivity contribution in [3.63, 3.8) is 0 Å². The molecule has 0 spiro atoms. The molecule has 0 aliphatic carbocycles. The molecule has 144 valence electrons. The molecule has 0 unspecified atom stereocenters. The minimum absolute atomic E-state index is 0.161. The SMILES string of the molecule is Cn1cnc2cc(C(=O)N[C@]3(c4ccccc4)CCNC[C@H]3O)ccc2c1=O. The van der Waals surface area contributed by atoms with Crippen LogP contribution in [-0.4, -0.2) is 39.8 Å². The highest BCUT2D eigenvalue weighted by Gasteiger charge is 2.42. The van der Waals surface area contributed by atoms with Gasteiger partial charge in [0.1, 0.15) is 0 Å². The number of aryl methyl sites for hydroxylation is 1. The van der Waals surface area contributed by atoms with Crippen LogP contribution >= 0.6 is 0 Å². The van der Waals surface area contributed by atoms with Crippen LogP contribution in [0.2, 0.25) is 0 Å². The fourth-order valence-corrected chi connectivity index (χ4v) is 3.78. The van der Waals surface area contributed by atoms with Crippen molar-refractivity contribution in [3.8, 4) is 0 Å². The second-order valence-corrected chi connectivity index (χ2v) is 7.15. The number of amides is 1. The third kappa shape index (κ3) is 3.08. The highest BCUT2D eigenvalue weighted by atomic mass is 16.3. The Bertz CT molecular complexity index is 1080. The van der Waals surface area contributed by atoms with Gasteiger partial charge in [0, 0.05) is 19.2 Å². The lowest BCUT2D eigenvalue weighted by Gasteiger charge is -2.43. The lowest BCUT2D eigenvalue weighted by Crippen LogP contribution is -2.61. The fraction of sp³-hybridized carbons (Fsp3) is 0.286. The van der Waals surface area contributed by atoms with E-state index in [-0.39, 0.29) is 11.5 Å². The van der Waals surface area contributed by atoms with Crippen molar-refractivity contribution in [1.29, 1.82) is 0 Å². The Morgan fingerprint density at radius 3 is 2.82 bits per heavy atom. The average molecular weight is 378 g/mol. The molecule has 2 heterocycles. The molecule has 3 N–H and O–H groups in total. The molecule has 2 aromatic carbocycles. The maximum Gasteiger partial charge on any atom is 0.260 e. The number of carbonyl (C=O) groups excluding carboxylic acids is 1. The van der Waals surface area contributed by atoms with Gasteiger partial charge in [-0.25, -0.2) is 4.98 Å². The topological polar surface area (TPSA) is 96.2 Å². The number of β-amino-alcohol motifs (C(OH)–C–C–N with tert-alkyl or cyclic N) is 1. The Kier molecular flexibility index (Phi) is 4.70. The Morgan fingerprint density at radius 1 is 1.29 bits per heavy atom. The zero-order valence-corrected chi connectivity index (χ0v) is 15.6. The molecule has 28 heavy (non-hydrogen) atoms. The first-order valence-corrected chi connectivity index (χ1v) is 9.23. The van der Waals surface area contributed by atoms with Crippen molar-refractivity contribution in [2.75, 3.05) is 13.1 Å². The van der Waals surface area contributed by atoms with E-state index in [0.29, 0.717) is 36.0 Å². The smallest absolute Gasteiger partial charge is 0.260 e. The van der Waals surface area contributed by atoms with E-state index in [1.54, 1.807) is 25.2 Å². The van der Waals surface area contributed by atoms with E-state index in [0.717, 1.165) is 5.56 Å². The number of nitrogens with one attached hydrogen (secondary N) is 2. The second-order valence-electron chi connectivity index (χ2n) is 7.15. The van der Waals surface area contributed by atoms with Crippen LogP contribution in [0.1, 0.15) is 22.3 Å². The summed E-state index contributed by atoms with van der Waals surface area (Å²) in [7, 11) is 1.64. The molecule has 1 fully saturated rings. The number of fused-ring (bicyclic) bond motifs is 1. The number of carbonyl (C=O) groups is 1. The molecule has 0 saturated carbocycles. The average Bonchev–Trinajstić information content (AvgIpc) is 2.73. The van der Waals surface area contributed by atoms with E-state index < -0.39 is 11.6 Å². The maximum atomic E-state index is 13.1. The number of nitrogens with zero attached hydrogens (tertiary/aromatic N) is 2. The molecule has 7 nitrogen and oxygen atoms in total. The quantitative estimate of drug-likeness (QED) is 0.630. The Balaban J connectivity index is 1.71. The predicted molar refractivity (Wildman–Crippen MR) is 106 cm³/mol. The largest absolute Gasteiger partial charge is 0.389 e. The first-order valence-electron chi connectivity index (χ1n) is 9.23. The number of benzene rings is 2. The summed E-state index contributed by atoms with van der Waals surface area (Å²) in [6, 6.07) is 14.4. The summed E-state index contributed by atoms with van der Waals surface area (Å²) >= 11 is 0. The zero-order valence-electron chi connectivity index (χ0n) is 15.6. The molecule has 1 aromatic heterocycles. The molecule has 1 saturated heterocycles. The van der Waals surface area contributed by atoms with E-state index in [2.05, 4.69) is 15.6 Å². The van der Waals surface area contributed by atoms with E-state index in [4.69, 9.17) is 0 Å². The van der Waals surface area contributed by atoms with Gasteiger partial charge in [0.15, 0.2) is 0 Å². The monoisotopic (exact) mass is 378 g/mol. The lowest BCUT2D eigenvalue weighted by molar-refractivity contribution is 0.0290. The zero-order chi connectivity index (χ0) is 19.7. The number of aromatic nitrogens is 2. The van der Waals surface area contributed by atoms with Crippen LogP contribution in [0.4, 0.5) is 0 Å². The van der Waals surface area contributed by atoms with Crippen molar-refractivity contribution in [2.45, 2.75) is 18.1 Å². The summed E-state index contributed by atoms with van der Waals surface area (Å²) in [5.74, 6) is -0.311. The molecule has 4 rings (SSSR count). The van der Waals surface area contributed by atoms with Crippen molar-refractivity contribution in [3.05, 3.63) is 76.3 Å². The van der Waals surface area contributed by atoms with Crippen LogP contribution < -0.4 is 16.2 Å². The van der Waals surface area contributed by atoms with Crippen molar-refractivity contribution >= 4 is 16.8 Å². The van der Waals surface area contributed by atoms with Gasteiger partial charge in [-0.3, -0.25) is 9.59 Å². The second kappa shape index (κ2) is 7.18. The molecule has 2 atom stereocenters. The molecule has 7 heteroatoms. The summed E-state index contributed by atoms with van der Waals surface area (Å²) in [5, 5.41) is 17.5. The number of aliphatic hydroxyl groups is 1. The number of piperidine rings is 1. The van der Waals surface area contributed by atoms with Crippen molar-refractivity contribution in [1.82, 2.24) is 20.2 Å². The Labute approximate surface area is 162 Å². The summed E-state index contributed by atoms with van der Waals surface area (Å²) in [6.07, 6.45) is 1.24. The van der Waals surface area contributed by atoms with Crippen molar-refractivity contribution < 1.29 is 9.90 Å². The highest BCUT2D eigenvalue weighted by molar-refractivity contribution is 5.98. The summed E-state index contributed by atoms with van der Waals surface area (Å²) in [5.41, 5.74) is 0.694. The normalized spacial score (nSPS) is 22.1. The third-order valence-electron chi connectivity index (χ3n) is 5.41. The maximum absolute atomic E-state index is 13.1. The van der Waals surface area contributed by atoms with E-state index >= 15 is 0 Å². The third-order valence-corrected chi connectivity index (χ3v) is 5.41. The van der Waals surface area contributed by atoms with Crippen LogP contribution in [0.25, 0.3) is 10.9 Å². The van der Waals surface area contributed by atoms with Gasteiger partial charge in [0.05, 0.1) is 28.9 Å². The first kappa shape index (κ1) is 18.3. The number of hydrogen-bond donors (Lipinski definition) is 3.